The van der Waals surface area contributed by atoms with Crippen LogP contribution in [0, 0.1) is 5.41 Å². The fourth-order valence-corrected chi connectivity index (χ4v) is 3.04. The van der Waals surface area contributed by atoms with Gasteiger partial charge in [-0.3, -0.25) is 4.79 Å². The van der Waals surface area contributed by atoms with Gasteiger partial charge in [0.1, 0.15) is 0 Å². The van der Waals surface area contributed by atoms with Gasteiger partial charge < -0.3 is 5.32 Å². The Hall–Kier alpha value is -1.31. The molecule has 2 heteroatoms. The Balaban J connectivity index is 1.93. The number of benzene rings is 1. The van der Waals surface area contributed by atoms with E-state index in [2.05, 4.69) is 17.4 Å². The Kier molecular flexibility index (Phi) is 1.84. The van der Waals surface area contributed by atoms with Crippen LogP contribution >= 0.6 is 0 Å². The molecule has 2 nitrogen and oxygen atoms in total. The molecule has 15 heavy (non-hydrogen) atoms. The molecule has 0 bridgehead atoms. The summed E-state index contributed by atoms with van der Waals surface area (Å²) in [6.45, 7) is 0. The minimum atomic E-state index is -0.0542. The second-order valence-corrected chi connectivity index (χ2v) is 4.68. The number of nitrogens with one attached hydrogen (secondary N) is 1. The Morgan fingerprint density at radius 1 is 1.13 bits per heavy atom. The number of carbonyl (C=O) groups excluding carboxylic acids is 1. The Labute approximate surface area is 89.7 Å². The summed E-state index contributed by atoms with van der Waals surface area (Å²) in [4.78, 5) is 11.7. The van der Waals surface area contributed by atoms with Gasteiger partial charge in [-0.2, -0.15) is 0 Å². The third kappa shape index (κ3) is 1.14. The SMILES string of the molecule is O=C1NC(c2ccccc2)C12CCCC2. The van der Waals surface area contributed by atoms with Gasteiger partial charge in [-0.05, 0) is 18.4 Å². The van der Waals surface area contributed by atoms with E-state index in [1.807, 2.05) is 18.2 Å². The highest BCUT2D eigenvalue weighted by atomic mass is 16.2. The fourth-order valence-electron chi connectivity index (χ4n) is 3.04. The van der Waals surface area contributed by atoms with E-state index in [1.54, 1.807) is 0 Å². The third-order valence-electron chi connectivity index (χ3n) is 3.91. The predicted molar refractivity (Wildman–Crippen MR) is 58.2 cm³/mol. The molecule has 1 aliphatic heterocycles. The van der Waals surface area contributed by atoms with Crippen LogP contribution in [0.25, 0.3) is 0 Å². The van der Waals surface area contributed by atoms with Gasteiger partial charge in [0.05, 0.1) is 11.5 Å². The van der Waals surface area contributed by atoms with Crippen LogP contribution in [0.4, 0.5) is 0 Å². The van der Waals surface area contributed by atoms with Crippen molar-refractivity contribution in [3.63, 3.8) is 0 Å². The number of carbonyl (C=O) groups is 1. The maximum atomic E-state index is 11.7. The van der Waals surface area contributed by atoms with E-state index in [0.29, 0.717) is 0 Å². The van der Waals surface area contributed by atoms with Crippen molar-refractivity contribution in [2.24, 2.45) is 5.41 Å². The van der Waals surface area contributed by atoms with E-state index >= 15 is 0 Å². The normalized spacial score (nSPS) is 27.5. The van der Waals surface area contributed by atoms with Gasteiger partial charge in [0.15, 0.2) is 0 Å². The van der Waals surface area contributed by atoms with E-state index in [9.17, 15) is 4.79 Å². The zero-order valence-electron chi connectivity index (χ0n) is 8.70. The van der Waals surface area contributed by atoms with Crippen molar-refractivity contribution in [3.05, 3.63) is 35.9 Å². The van der Waals surface area contributed by atoms with Gasteiger partial charge in [-0.15, -0.1) is 0 Å². The summed E-state index contributed by atoms with van der Waals surface area (Å²) in [5.74, 6) is 0.272. The van der Waals surface area contributed by atoms with Crippen molar-refractivity contribution < 1.29 is 4.79 Å². The van der Waals surface area contributed by atoms with Crippen LogP contribution in [-0.2, 0) is 4.79 Å². The molecule has 1 amide bonds. The average molecular weight is 201 g/mol. The van der Waals surface area contributed by atoms with Crippen LogP contribution in [-0.4, -0.2) is 5.91 Å². The maximum Gasteiger partial charge on any atom is 0.229 e. The third-order valence-corrected chi connectivity index (χ3v) is 3.91. The molecule has 3 rings (SSSR count). The first-order valence-electron chi connectivity index (χ1n) is 5.69. The molecule has 1 spiro atoms. The van der Waals surface area contributed by atoms with E-state index in [1.165, 1.54) is 18.4 Å². The zero-order valence-corrected chi connectivity index (χ0v) is 8.70. The van der Waals surface area contributed by atoms with Crippen molar-refractivity contribution in [3.8, 4) is 0 Å². The molecule has 1 N–H and O–H groups in total. The van der Waals surface area contributed by atoms with Crippen molar-refractivity contribution >= 4 is 5.91 Å². The van der Waals surface area contributed by atoms with Crippen LogP contribution in [0.3, 0.4) is 0 Å². The molecule has 2 fully saturated rings. The highest BCUT2D eigenvalue weighted by Crippen LogP contribution is 2.53. The highest BCUT2D eigenvalue weighted by molar-refractivity contribution is 5.90. The molecule has 1 atom stereocenters. The summed E-state index contributed by atoms with van der Waals surface area (Å²) in [5.41, 5.74) is 1.21. The van der Waals surface area contributed by atoms with Gasteiger partial charge >= 0.3 is 0 Å². The molecule has 1 aromatic carbocycles. The van der Waals surface area contributed by atoms with Gasteiger partial charge in [0, 0.05) is 0 Å². The first-order valence-corrected chi connectivity index (χ1v) is 5.69. The van der Waals surface area contributed by atoms with E-state index in [-0.39, 0.29) is 17.4 Å². The highest BCUT2D eigenvalue weighted by Gasteiger charge is 2.56. The summed E-state index contributed by atoms with van der Waals surface area (Å²) in [5, 5.41) is 3.05. The Morgan fingerprint density at radius 3 is 2.40 bits per heavy atom. The molecule has 1 saturated carbocycles. The van der Waals surface area contributed by atoms with E-state index in [0.717, 1.165) is 12.8 Å². The first-order chi connectivity index (χ1) is 7.33. The van der Waals surface area contributed by atoms with Crippen LogP contribution < -0.4 is 5.32 Å². The van der Waals surface area contributed by atoms with Gasteiger partial charge in [0.25, 0.3) is 0 Å². The molecule has 0 radical (unpaired) electrons. The molecule has 1 aromatic rings. The van der Waals surface area contributed by atoms with Crippen molar-refractivity contribution in [1.82, 2.24) is 5.32 Å². The van der Waals surface area contributed by atoms with Gasteiger partial charge in [-0.1, -0.05) is 43.2 Å². The van der Waals surface area contributed by atoms with E-state index < -0.39 is 0 Å². The second-order valence-electron chi connectivity index (χ2n) is 4.68. The quantitative estimate of drug-likeness (QED) is 0.695. The molecule has 1 unspecified atom stereocenters. The lowest BCUT2D eigenvalue weighted by molar-refractivity contribution is -0.145. The minimum absolute atomic E-state index is 0.0542. The molecule has 1 aliphatic carbocycles. The van der Waals surface area contributed by atoms with Crippen molar-refractivity contribution in [1.29, 1.82) is 0 Å². The second kappa shape index (κ2) is 3.09. The van der Waals surface area contributed by atoms with E-state index in [4.69, 9.17) is 0 Å². The van der Waals surface area contributed by atoms with Crippen molar-refractivity contribution in [2.75, 3.05) is 0 Å². The summed E-state index contributed by atoms with van der Waals surface area (Å²) >= 11 is 0. The lowest BCUT2D eigenvalue weighted by Crippen LogP contribution is -2.59. The molecule has 2 aliphatic rings. The number of hydrogen-bond acceptors (Lipinski definition) is 1. The maximum absolute atomic E-state index is 11.7. The molecule has 78 valence electrons. The molecule has 0 aromatic heterocycles. The average Bonchev–Trinajstić information content (AvgIpc) is 2.79. The largest absolute Gasteiger partial charge is 0.348 e. The molecule has 1 heterocycles. The monoisotopic (exact) mass is 201 g/mol. The Bertz CT molecular complexity index is 379. The summed E-state index contributed by atoms with van der Waals surface area (Å²) in [6, 6.07) is 10.6. The van der Waals surface area contributed by atoms with Gasteiger partial charge in [-0.25, -0.2) is 0 Å². The minimum Gasteiger partial charge on any atom is -0.348 e. The number of hydrogen-bond donors (Lipinski definition) is 1. The van der Waals surface area contributed by atoms with Crippen LogP contribution in [0.5, 0.6) is 0 Å². The Morgan fingerprint density at radius 2 is 1.80 bits per heavy atom. The number of amides is 1. The first kappa shape index (κ1) is 8.96. The van der Waals surface area contributed by atoms with Crippen molar-refractivity contribution in [2.45, 2.75) is 31.7 Å². The molecular formula is C13H15NO. The summed E-state index contributed by atoms with van der Waals surface area (Å²) in [7, 11) is 0. The fraction of sp³-hybridized carbons (Fsp3) is 0.462. The lowest BCUT2D eigenvalue weighted by atomic mass is 9.68. The van der Waals surface area contributed by atoms with Crippen LogP contribution in [0.1, 0.15) is 37.3 Å². The standard InChI is InChI=1S/C13H15NO/c15-12-13(8-4-5-9-13)11(14-12)10-6-2-1-3-7-10/h1-3,6-7,11H,4-5,8-9H2,(H,14,15). The summed E-state index contributed by atoms with van der Waals surface area (Å²) < 4.78 is 0. The smallest absolute Gasteiger partial charge is 0.229 e. The topological polar surface area (TPSA) is 29.1 Å². The summed E-state index contributed by atoms with van der Waals surface area (Å²) in [6.07, 6.45) is 4.55. The van der Waals surface area contributed by atoms with Crippen LogP contribution in [0.2, 0.25) is 0 Å². The lowest BCUT2D eigenvalue weighted by Gasteiger charge is -2.46. The van der Waals surface area contributed by atoms with Crippen LogP contribution in [0.15, 0.2) is 30.3 Å². The number of rotatable bonds is 1. The predicted octanol–water partition coefficient (Wildman–Crippen LogP) is 2.42. The molecule has 1 saturated heterocycles. The number of β-lactam (4-membered cyclic amide) rings is 1. The molecular weight excluding hydrogens is 186 g/mol. The zero-order chi connectivity index (χ0) is 10.3. The van der Waals surface area contributed by atoms with Gasteiger partial charge in [0.2, 0.25) is 5.91 Å².